The van der Waals surface area contributed by atoms with Crippen LogP contribution < -0.4 is 5.32 Å². The lowest BCUT2D eigenvalue weighted by atomic mass is 10.1. The molecule has 4 nitrogen and oxygen atoms in total. The van der Waals surface area contributed by atoms with Gasteiger partial charge in [-0.05, 0) is 17.7 Å². The molecule has 1 heterocycles. The molecule has 0 aliphatic carbocycles. The summed E-state index contributed by atoms with van der Waals surface area (Å²) < 4.78 is 5.73. The number of rotatable bonds is 3. The largest absolute Gasteiger partial charge is 0.371 e. The van der Waals surface area contributed by atoms with Crippen molar-refractivity contribution < 1.29 is 9.53 Å². The number of carbonyl (C=O) groups is 1. The highest BCUT2D eigenvalue weighted by Gasteiger charge is 2.23. The fraction of sp³-hybridized carbons (Fsp3) is 0.462. The molecule has 2 rings (SSSR count). The Morgan fingerprint density at radius 3 is 2.95 bits per heavy atom. The maximum Gasteiger partial charge on any atom is 0.233 e. The van der Waals surface area contributed by atoms with Crippen molar-refractivity contribution in [2.45, 2.75) is 6.10 Å². The zero-order valence-corrected chi connectivity index (χ0v) is 12.2. The summed E-state index contributed by atoms with van der Waals surface area (Å²) in [5, 5.41) is 3.67. The van der Waals surface area contributed by atoms with Crippen LogP contribution in [0, 0.1) is 0 Å². The summed E-state index contributed by atoms with van der Waals surface area (Å²) in [7, 11) is 1.64. The van der Waals surface area contributed by atoms with E-state index < -0.39 is 0 Å². The summed E-state index contributed by atoms with van der Waals surface area (Å²) in [6, 6.07) is 5.49. The fourth-order valence-corrected chi connectivity index (χ4v) is 2.35. The van der Waals surface area contributed by atoms with E-state index in [9.17, 15) is 4.79 Å². The first-order valence-electron chi connectivity index (χ1n) is 6.09. The highest BCUT2D eigenvalue weighted by molar-refractivity contribution is 6.42. The number of amides is 1. The average Bonchev–Trinajstić information content (AvgIpc) is 2.42. The molecule has 1 atom stereocenters. The normalized spacial score (nSPS) is 20.3. The Morgan fingerprint density at radius 1 is 1.47 bits per heavy atom. The monoisotopic (exact) mass is 302 g/mol. The highest BCUT2D eigenvalue weighted by Crippen LogP contribution is 2.28. The molecule has 6 heteroatoms. The molecular weight excluding hydrogens is 287 g/mol. The Balaban J connectivity index is 2.04. The van der Waals surface area contributed by atoms with Crippen molar-refractivity contribution in [1.29, 1.82) is 0 Å². The minimum atomic E-state index is -0.0758. The molecule has 1 amide bonds. The highest BCUT2D eigenvalue weighted by atomic mass is 35.5. The molecule has 1 saturated heterocycles. The number of hydrogen-bond donors (Lipinski definition) is 1. The Kier molecular flexibility index (Phi) is 5.05. The van der Waals surface area contributed by atoms with Gasteiger partial charge in [0, 0.05) is 20.1 Å². The second kappa shape index (κ2) is 6.57. The van der Waals surface area contributed by atoms with Gasteiger partial charge in [-0.1, -0.05) is 29.3 Å². The summed E-state index contributed by atoms with van der Waals surface area (Å²) in [4.78, 5) is 13.5. The number of ether oxygens (including phenoxy) is 1. The Bertz CT molecular complexity index is 468. The summed E-state index contributed by atoms with van der Waals surface area (Å²) in [5.74, 6) is 0.00906. The molecule has 0 aromatic heterocycles. The van der Waals surface area contributed by atoms with Crippen molar-refractivity contribution in [3.8, 4) is 0 Å². The first-order chi connectivity index (χ1) is 9.10. The molecule has 1 aromatic rings. The maximum absolute atomic E-state index is 11.4. The van der Waals surface area contributed by atoms with Crippen LogP contribution in [0.15, 0.2) is 18.2 Å². The summed E-state index contributed by atoms with van der Waals surface area (Å²) >= 11 is 11.9. The maximum atomic E-state index is 11.4. The van der Waals surface area contributed by atoms with E-state index in [4.69, 9.17) is 27.9 Å². The van der Waals surface area contributed by atoms with Gasteiger partial charge >= 0.3 is 0 Å². The van der Waals surface area contributed by atoms with Crippen LogP contribution in [0.2, 0.25) is 10.0 Å². The topological polar surface area (TPSA) is 41.6 Å². The Hall–Kier alpha value is -0.810. The number of likely N-dealkylation sites (N-methyl/N-ethyl adjacent to an activating group) is 1. The Labute approximate surface area is 122 Å². The molecule has 19 heavy (non-hydrogen) atoms. The van der Waals surface area contributed by atoms with Crippen molar-refractivity contribution in [3.05, 3.63) is 33.8 Å². The van der Waals surface area contributed by atoms with Crippen LogP contribution in [0.4, 0.5) is 0 Å². The molecule has 0 radical (unpaired) electrons. The number of nitrogens with one attached hydrogen (secondary N) is 1. The van der Waals surface area contributed by atoms with Gasteiger partial charge in [-0.25, -0.2) is 0 Å². The van der Waals surface area contributed by atoms with E-state index in [1.54, 1.807) is 13.1 Å². The number of halogens is 2. The predicted octanol–water partition coefficient (Wildman–Crippen LogP) is 2.11. The molecule has 0 bridgehead atoms. The quantitative estimate of drug-likeness (QED) is 0.930. The van der Waals surface area contributed by atoms with E-state index in [0.29, 0.717) is 29.7 Å². The van der Waals surface area contributed by atoms with Gasteiger partial charge in [0.2, 0.25) is 5.91 Å². The predicted molar refractivity (Wildman–Crippen MR) is 75.7 cm³/mol. The molecule has 1 aliphatic heterocycles. The third kappa shape index (κ3) is 3.83. The van der Waals surface area contributed by atoms with Crippen molar-refractivity contribution in [1.82, 2.24) is 10.2 Å². The van der Waals surface area contributed by atoms with Crippen molar-refractivity contribution in [2.24, 2.45) is 0 Å². The van der Waals surface area contributed by atoms with Gasteiger partial charge in [0.25, 0.3) is 0 Å². The van der Waals surface area contributed by atoms with Crippen LogP contribution in [-0.2, 0) is 9.53 Å². The zero-order chi connectivity index (χ0) is 13.8. The van der Waals surface area contributed by atoms with Crippen molar-refractivity contribution >= 4 is 29.1 Å². The lowest BCUT2D eigenvalue weighted by Crippen LogP contribution is -2.43. The third-order valence-electron chi connectivity index (χ3n) is 3.11. The van der Waals surface area contributed by atoms with E-state index in [2.05, 4.69) is 10.2 Å². The molecule has 104 valence electrons. The van der Waals surface area contributed by atoms with Gasteiger partial charge in [-0.15, -0.1) is 0 Å². The van der Waals surface area contributed by atoms with Crippen LogP contribution >= 0.6 is 23.2 Å². The van der Waals surface area contributed by atoms with Crippen LogP contribution in [0.3, 0.4) is 0 Å². The molecule has 1 aromatic carbocycles. The van der Waals surface area contributed by atoms with E-state index in [0.717, 1.165) is 12.1 Å². The molecule has 0 saturated carbocycles. The third-order valence-corrected chi connectivity index (χ3v) is 3.85. The zero-order valence-electron chi connectivity index (χ0n) is 10.7. The first kappa shape index (κ1) is 14.6. The van der Waals surface area contributed by atoms with Gasteiger partial charge in [-0.2, -0.15) is 0 Å². The standard InChI is InChI=1S/C13H16Cl2N2O2/c1-16-13(18)8-17-4-5-19-12(7-17)9-2-3-10(14)11(15)6-9/h2-3,6,12H,4-5,7-8H2,1H3,(H,16,18)/t12-/m0/s1. The summed E-state index contributed by atoms with van der Waals surface area (Å²) in [5.41, 5.74) is 0.982. The SMILES string of the molecule is CNC(=O)CN1CCO[C@H](c2ccc(Cl)c(Cl)c2)C1. The number of morpholine rings is 1. The van der Waals surface area contributed by atoms with Crippen molar-refractivity contribution in [2.75, 3.05) is 33.3 Å². The van der Waals surface area contributed by atoms with Gasteiger partial charge < -0.3 is 10.1 Å². The minimum absolute atomic E-state index is 0.00906. The van der Waals surface area contributed by atoms with Crippen molar-refractivity contribution in [3.63, 3.8) is 0 Å². The summed E-state index contributed by atoms with van der Waals surface area (Å²) in [6.07, 6.45) is -0.0758. The number of hydrogen-bond acceptors (Lipinski definition) is 3. The number of carbonyl (C=O) groups excluding carboxylic acids is 1. The molecule has 0 unspecified atom stereocenters. The van der Waals surface area contributed by atoms with E-state index in [1.165, 1.54) is 0 Å². The first-order valence-corrected chi connectivity index (χ1v) is 6.85. The lowest BCUT2D eigenvalue weighted by Gasteiger charge is -2.32. The Morgan fingerprint density at radius 2 is 2.26 bits per heavy atom. The van der Waals surface area contributed by atoms with Crippen LogP contribution in [0.25, 0.3) is 0 Å². The molecule has 0 spiro atoms. The molecular formula is C13H16Cl2N2O2. The van der Waals surface area contributed by atoms with E-state index in [1.807, 2.05) is 12.1 Å². The van der Waals surface area contributed by atoms with Gasteiger partial charge in [0.1, 0.15) is 0 Å². The molecule has 1 aliphatic rings. The number of benzene rings is 1. The average molecular weight is 303 g/mol. The van der Waals surface area contributed by atoms with Gasteiger partial charge in [0.15, 0.2) is 0 Å². The molecule has 1 N–H and O–H groups in total. The van der Waals surface area contributed by atoms with Crippen LogP contribution in [0.5, 0.6) is 0 Å². The fourth-order valence-electron chi connectivity index (χ4n) is 2.04. The van der Waals surface area contributed by atoms with Gasteiger partial charge in [0.05, 0.1) is 29.3 Å². The lowest BCUT2D eigenvalue weighted by molar-refractivity contribution is -0.123. The molecule has 1 fully saturated rings. The summed E-state index contributed by atoms with van der Waals surface area (Å²) in [6.45, 7) is 2.41. The second-order valence-electron chi connectivity index (χ2n) is 4.44. The minimum Gasteiger partial charge on any atom is -0.371 e. The van der Waals surface area contributed by atoms with E-state index in [-0.39, 0.29) is 12.0 Å². The smallest absolute Gasteiger partial charge is 0.233 e. The van der Waals surface area contributed by atoms with Gasteiger partial charge in [-0.3, -0.25) is 9.69 Å². The van der Waals surface area contributed by atoms with Crippen LogP contribution in [0.1, 0.15) is 11.7 Å². The van der Waals surface area contributed by atoms with Crippen LogP contribution in [-0.4, -0.2) is 44.1 Å². The second-order valence-corrected chi connectivity index (χ2v) is 5.26. The van der Waals surface area contributed by atoms with E-state index >= 15 is 0 Å². The number of nitrogens with zero attached hydrogens (tertiary/aromatic N) is 1.